The van der Waals surface area contributed by atoms with Crippen LogP contribution in [0.25, 0.3) is 0 Å². The molecule has 2 aromatic carbocycles. The highest BCUT2D eigenvalue weighted by Gasteiger charge is 2.37. The first-order chi connectivity index (χ1) is 22.6. The molecule has 0 aliphatic carbocycles. The maximum absolute atomic E-state index is 13.9. The Bertz CT molecular complexity index is 1640. The predicted molar refractivity (Wildman–Crippen MR) is 176 cm³/mol. The summed E-state index contributed by atoms with van der Waals surface area (Å²) in [5.74, 6) is -1.71. The van der Waals surface area contributed by atoms with Crippen LogP contribution in [-0.2, 0) is 38.6 Å². The molecule has 1 unspecified atom stereocenters. The van der Waals surface area contributed by atoms with E-state index in [4.69, 9.17) is 17.3 Å². The molecule has 16 heteroatoms. The largest absolute Gasteiger partial charge is 0.418 e. The van der Waals surface area contributed by atoms with Crippen LogP contribution in [0.1, 0.15) is 48.8 Å². The van der Waals surface area contributed by atoms with Crippen molar-refractivity contribution in [1.82, 2.24) is 19.4 Å². The van der Waals surface area contributed by atoms with Gasteiger partial charge in [0, 0.05) is 56.9 Å². The number of urea groups is 1. The summed E-state index contributed by atoms with van der Waals surface area (Å²) in [6.07, 6.45) is -1.65. The van der Waals surface area contributed by atoms with Gasteiger partial charge in [0.15, 0.2) is 0 Å². The molecule has 0 saturated carbocycles. The minimum atomic E-state index is -4.77. The Labute approximate surface area is 283 Å². The number of amides is 4. The number of piperidine rings is 2. The first-order valence-corrected chi connectivity index (χ1v) is 18.2. The number of likely N-dealkylation sites (tertiary alicyclic amines) is 2. The van der Waals surface area contributed by atoms with Gasteiger partial charge < -0.3 is 25.8 Å². The number of carbonyl (C=O) groups is 3. The molecule has 3 aliphatic rings. The Balaban J connectivity index is 1.27. The van der Waals surface area contributed by atoms with E-state index in [-0.39, 0.29) is 60.5 Å². The molecule has 0 spiro atoms. The zero-order valence-corrected chi connectivity index (χ0v) is 28.1. The van der Waals surface area contributed by atoms with Gasteiger partial charge in [0.1, 0.15) is 0 Å². The van der Waals surface area contributed by atoms with Crippen molar-refractivity contribution in [2.24, 2.45) is 5.92 Å². The van der Waals surface area contributed by atoms with E-state index in [0.717, 1.165) is 23.6 Å². The third-order valence-corrected chi connectivity index (χ3v) is 10.4. The van der Waals surface area contributed by atoms with Crippen molar-refractivity contribution in [3.05, 3.63) is 58.1 Å². The number of hydrogen-bond acceptors (Lipinski definition) is 6. The van der Waals surface area contributed by atoms with Crippen LogP contribution in [0.15, 0.2) is 36.4 Å². The number of nitrogen functional groups attached to an aromatic ring is 1. The number of fused-ring (bicyclic) bond motifs is 1. The number of carbonyl (C=O) groups excluding carboxylic acids is 3. The summed E-state index contributed by atoms with van der Waals surface area (Å²) in [5.41, 5.74) is 5.85. The molecule has 262 valence electrons. The van der Waals surface area contributed by atoms with Crippen molar-refractivity contribution in [1.29, 1.82) is 0 Å². The number of rotatable bonds is 8. The zero-order valence-electron chi connectivity index (χ0n) is 26.6. The van der Waals surface area contributed by atoms with Gasteiger partial charge in [-0.3, -0.25) is 9.59 Å². The van der Waals surface area contributed by atoms with Crippen LogP contribution in [0.4, 0.5) is 29.3 Å². The molecule has 0 radical (unpaired) electrons. The van der Waals surface area contributed by atoms with Gasteiger partial charge in [-0.15, -0.1) is 0 Å². The molecule has 1 atom stereocenters. The summed E-state index contributed by atoms with van der Waals surface area (Å²) in [7, 11) is -3.44. The van der Waals surface area contributed by atoms with Gasteiger partial charge in [-0.2, -0.15) is 13.2 Å². The van der Waals surface area contributed by atoms with Gasteiger partial charge in [-0.25, -0.2) is 17.9 Å². The number of halogens is 4. The maximum atomic E-state index is 13.9. The molecule has 4 amide bonds. The zero-order chi connectivity index (χ0) is 34.8. The van der Waals surface area contributed by atoms with E-state index < -0.39 is 39.3 Å². The van der Waals surface area contributed by atoms with Crippen LogP contribution in [0, 0.1) is 5.92 Å². The van der Waals surface area contributed by atoms with Crippen molar-refractivity contribution < 1.29 is 36.0 Å². The van der Waals surface area contributed by atoms with Crippen LogP contribution in [0.3, 0.4) is 0 Å². The van der Waals surface area contributed by atoms with Gasteiger partial charge in [0.25, 0.3) is 0 Å². The van der Waals surface area contributed by atoms with Crippen molar-refractivity contribution >= 4 is 50.8 Å². The van der Waals surface area contributed by atoms with E-state index >= 15 is 0 Å². The van der Waals surface area contributed by atoms with E-state index in [2.05, 4.69) is 10.0 Å². The third-order valence-electron chi connectivity index (χ3n) is 9.33. The highest BCUT2D eigenvalue weighted by Crippen LogP contribution is 2.38. The third kappa shape index (κ3) is 8.72. The summed E-state index contributed by atoms with van der Waals surface area (Å²) in [6, 6.07) is 9.17. The average Bonchev–Trinajstić information content (AvgIpc) is 3.19. The molecule has 2 saturated heterocycles. The van der Waals surface area contributed by atoms with Crippen LogP contribution in [0.2, 0.25) is 5.02 Å². The molecule has 3 aliphatic heterocycles. The second-order valence-electron chi connectivity index (χ2n) is 12.8. The van der Waals surface area contributed by atoms with E-state index in [0.29, 0.717) is 51.7 Å². The Hall–Kier alpha value is -3.56. The molecule has 48 heavy (non-hydrogen) atoms. The number of para-hydroxylation sites is 1. The van der Waals surface area contributed by atoms with E-state index in [9.17, 15) is 36.0 Å². The number of alkyl halides is 3. The minimum Gasteiger partial charge on any atom is -0.397 e. The van der Waals surface area contributed by atoms with Gasteiger partial charge >= 0.3 is 12.2 Å². The summed E-state index contributed by atoms with van der Waals surface area (Å²) < 4.78 is 67.1. The standard InChI is InChI=1S/C32H40ClF3N6O5S/c1-48(46,47)39-23-7-11-41(12-8-23)30(44)22(16-20-17-25(32(34,35)36)29(37)26(33)18-20)19-28(43)40-13-9-24(10-14-40)42-15-6-21-4-2-3-5-27(21)38-31(42)45/h2-5,17-18,22-24,39H,6-16,19,37H2,1H3,(H,38,45). The van der Waals surface area contributed by atoms with Crippen molar-refractivity contribution in [2.45, 2.75) is 63.2 Å². The first-order valence-electron chi connectivity index (χ1n) is 15.9. The van der Waals surface area contributed by atoms with Gasteiger partial charge in [0.05, 0.1) is 28.4 Å². The number of nitrogens with zero attached hydrogens (tertiary/aromatic N) is 3. The fraction of sp³-hybridized carbons (Fsp3) is 0.531. The smallest absolute Gasteiger partial charge is 0.397 e. The Morgan fingerprint density at radius 2 is 1.69 bits per heavy atom. The van der Waals surface area contributed by atoms with Crippen LogP contribution in [-0.4, -0.2) is 92.0 Å². The molecule has 5 rings (SSSR count). The molecule has 11 nitrogen and oxygen atoms in total. The number of benzene rings is 2. The molecule has 3 heterocycles. The summed E-state index contributed by atoms with van der Waals surface area (Å²) in [6.45, 7) is 1.70. The highest BCUT2D eigenvalue weighted by molar-refractivity contribution is 7.88. The monoisotopic (exact) mass is 712 g/mol. The molecular weight excluding hydrogens is 673 g/mol. The number of nitrogens with two attached hydrogens (primary N) is 1. The SMILES string of the molecule is CS(=O)(=O)NC1CCN(C(=O)C(CC(=O)N2CCC(N3CCc4ccccc4NC3=O)CC2)Cc2cc(Cl)c(N)c(C(F)(F)F)c2)CC1. The molecular formula is C32H40ClF3N6O5S. The first kappa shape index (κ1) is 35.7. The number of anilines is 2. The van der Waals surface area contributed by atoms with Gasteiger partial charge in [0.2, 0.25) is 21.8 Å². The minimum absolute atomic E-state index is 0.0830. The van der Waals surface area contributed by atoms with E-state index in [1.54, 1.807) is 9.80 Å². The second-order valence-corrected chi connectivity index (χ2v) is 15.0. The molecule has 2 fully saturated rings. The lowest BCUT2D eigenvalue weighted by molar-refractivity contribution is -0.142. The summed E-state index contributed by atoms with van der Waals surface area (Å²) in [5, 5.41) is 2.68. The van der Waals surface area contributed by atoms with Gasteiger partial charge in [-0.1, -0.05) is 29.8 Å². The van der Waals surface area contributed by atoms with Gasteiger partial charge in [-0.05, 0) is 67.9 Å². The quantitative estimate of drug-likeness (QED) is 0.352. The van der Waals surface area contributed by atoms with Crippen LogP contribution < -0.4 is 15.8 Å². The van der Waals surface area contributed by atoms with Crippen molar-refractivity contribution in [2.75, 3.05) is 50.0 Å². The maximum Gasteiger partial charge on any atom is 0.418 e. The van der Waals surface area contributed by atoms with E-state index in [1.807, 2.05) is 24.3 Å². The average molecular weight is 713 g/mol. The molecule has 4 N–H and O–H groups in total. The Morgan fingerprint density at radius 3 is 2.33 bits per heavy atom. The van der Waals surface area contributed by atoms with Crippen LogP contribution in [0.5, 0.6) is 0 Å². The molecule has 0 aromatic heterocycles. The normalized spacial score (nSPS) is 19.0. The number of sulfonamides is 1. The summed E-state index contributed by atoms with van der Waals surface area (Å²) >= 11 is 6.07. The Morgan fingerprint density at radius 1 is 1.04 bits per heavy atom. The van der Waals surface area contributed by atoms with Crippen molar-refractivity contribution in [3.8, 4) is 0 Å². The second kappa shape index (κ2) is 14.5. The van der Waals surface area contributed by atoms with Crippen LogP contribution >= 0.6 is 11.6 Å². The number of nitrogens with one attached hydrogen (secondary N) is 2. The lowest BCUT2D eigenvalue weighted by Crippen LogP contribution is -2.51. The lowest BCUT2D eigenvalue weighted by atomic mass is 9.91. The number of hydrogen-bond donors (Lipinski definition) is 3. The van der Waals surface area contributed by atoms with E-state index in [1.165, 1.54) is 11.0 Å². The lowest BCUT2D eigenvalue weighted by Gasteiger charge is -2.38. The van der Waals surface area contributed by atoms with Crippen molar-refractivity contribution in [3.63, 3.8) is 0 Å². The topological polar surface area (TPSA) is 145 Å². The fourth-order valence-corrected chi connectivity index (χ4v) is 7.92. The Kier molecular flexibility index (Phi) is 10.8. The summed E-state index contributed by atoms with van der Waals surface area (Å²) in [4.78, 5) is 45.5. The fourth-order valence-electron chi connectivity index (χ4n) is 6.84. The molecule has 0 bridgehead atoms. The molecule has 2 aromatic rings. The highest BCUT2D eigenvalue weighted by atomic mass is 35.5. The predicted octanol–water partition coefficient (Wildman–Crippen LogP) is 4.11.